The van der Waals surface area contributed by atoms with Crippen LogP contribution >= 0.6 is 0 Å². The smallest absolute Gasteiger partial charge is 0.0690 e. The Morgan fingerprint density at radius 1 is 1.40 bits per heavy atom. The van der Waals surface area contributed by atoms with Crippen LogP contribution in [0.25, 0.3) is 0 Å². The maximum Gasteiger partial charge on any atom is 0.0690 e. The molecule has 3 saturated carbocycles. The summed E-state index contributed by atoms with van der Waals surface area (Å²) in [5.74, 6) is 0. The summed E-state index contributed by atoms with van der Waals surface area (Å²) in [6.45, 7) is 0.288. The van der Waals surface area contributed by atoms with Crippen molar-refractivity contribution in [2.75, 3.05) is 6.61 Å². The Morgan fingerprint density at radius 3 is 2.40 bits per heavy atom. The van der Waals surface area contributed by atoms with E-state index < -0.39 is 0 Å². The van der Waals surface area contributed by atoms with Gasteiger partial charge in [-0.25, -0.2) is 0 Å². The number of nitriles is 1. The highest BCUT2D eigenvalue weighted by Crippen LogP contribution is 2.66. The van der Waals surface area contributed by atoms with E-state index in [0.29, 0.717) is 0 Å². The topological polar surface area (TPSA) is 44.0 Å². The van der Waals surface area contributed by atoms with Crippen LogP contribution in [0, 0.1) is 22.2 Å². The van der Waals surface area contributed by atoms with Gasteiger partial charge in [-0.3, -0.25) is 0 Å². The Balaban J connectivity index is 2.15. The predicted octanol–water partition coefficient (Wildman–Crippen LogP) is 1.06. The van der Waals surface area contributed by atoms with Crippen LogP contribution in [-0.2, 0) is 0 Å². The number of aliphatic hydroxyl groups excluding tert-OH is 1. The number of hydrogen-bond acceptors (Lipinski definition) is 2. The van der Waals surface area contributed by atoms with Crippen molar-refractivity contribution >= 4 is 0 Å². The second-order valence-electron chi connectivity index (χ2n) is 3.90. The molecule has 0 atom stereocenters. The molecule has 10 heavy (non-hydrogen) atoms. The Morgan fingerprint density at radius 2 is 2.10 bits per heavy atom. The molecule has 2 heteroatoms. The van der Waals surface area contributed by atoms with Crippen LogP contribution in [0.3, 0.4) is 0 Å². The van der Waals surface area contributed by atoms with E-state index in [2.05, 4.69) is 6.07 Å². The number of fused-ring (bicyclic) bond motifs is 1. The summed E-state index contributed by atoms with van der Waals surface area (Å²) < 4.78 is 0. The van der Waals surface area contributed by atoms with Crippen LogP contribution in [0.5, 0.6) is 0 Å². The minimum Gasteiger partial charge on any atom is -0.396 e. The molecule has 0 aromatic carbocycles. The van der Waals surface area contributed by atoms with Gasteiger partial charge in [0.2, 0.25) is 0 Å². The second-order valence-corrected chi connectivity index (χ2v) is 3.90. The average Bonchev–Trinajstić information content (AvgIpc) is 2.40. The maximum atomic E-state index is 8.96. The first-order valence-corrected chi connectivity index (χ1v) is 3.76. The third-order valence-corrected chi connectivity index (χ3v) is 3.13. The van der Waals surface area contributed by atoms with Crippen molar-refractivity contribution in [3.63, 3.8) is 0 Å². The normalized spacial score (nSPS) is 50.0. The monoisotopic (exact) mass is 137 g/mol. The third-order valence-electron chi connectivity index (χ3n) is 3.13. The summed E-state index contributed by atoms with van der Waals surface area (Å²) in [5, 5.41) is 17.7. The van der Waals surface area contributed by atoms with Gasteiger partial charge < -0.3 is 5.11 Å². The Kier molecular flexibility index (Phi) is 0.952. The van der Waals surface area contributed by atoms with Crippen LogP contribution in [-0.4, -0.2) is 11.7 Å². The van der Waals surface area contributed by atoms with E-state index in [1.165, 1.54) is 0 Å². The molecular weight excluding hydrogens is 126 g/mol. The zero-order chi connectivity index (χ0) is 7.24. The van der Waals surface area contributed by atoms with Crippen molar-refractivity contribution < 1.29 is 5.11 Å². The highest BCUT2D eigenvalue weighted by Gasteiger charge is 2.60. The van der Waals surface area contributed by atoms with E-state index in [1.54, 1.807) is 0 Å². The minimum atomic E-state index is -0.0112. The Labute approximate surface area is 60.5 Å². The van der Waals surface area contributed by atoms with Gasteiger partial charge in [0, 0.05) is 6.61 Å². The van der Waals surface area contributed by atoms with E-state index in [9.17, 15) is 0 Å². The lowest BCUT2D eigenvalue weighted by atomic mass is 9.61. The predicted molar refractivity (Wildman–Crippen MR) is 36.0 cm³/mol. The molecule has 2 bridgehead atoms. The second kappa shape index (κ2) is 1.54. The summed E-state index contributed by atoms with van der Waals surface area (Å²) >= 11 is 0. The molecule has 54 valence electrons. The van der Waals surface area contributed by atoms with Gasteiger partial charge in [-0.2, -0.15) is 5.26 Å². The SMILES string of the molecule is N#CC12CCC(CO)(C1)C2. The summed E-state index contributed by atoms with van der Waals surface area (Å²) in [6.07, 6.45) is 3.99. The Bertz CT molecular complexity index is 198. The number of rotatable bonds is 1. The van der Waals surface area contributed by atoms with Crippen molar-refractivity contribution in [2.45, 2.75) is 25.7 Å². The fourth-order valence-corrected chi connectivity index (χ4v) is 2.57. The quantitative estimate of drug-likeness (QED) is 0.587. The van der Waals surface area contributed by atoms with Gasteiger partial charge in [0.05, 0.1) is 11.5 Å². The molecule has 2 nitrogen and oxygen atoms in total. The van der Waals surface area contributed by atoms with E-state index >= 15 is 0 Å². The van der Waals surface area contributed by atoms with Gasteiger partial charge in [-0.15, -0.1) is 0 Å². The average molecular weight is 137 g/mol. The van der Waals surface area contributed by atoms with Crippen molar-refractivity contribution in [1.29, 1.82) is 5.26 Å². The molecule has 0 amide bonds. The van der Waals surface area contributed by atoms with E-state index in [0.717, 1.165) is 25.7 Å². The summed E-state index contributed by atoms with van der Waals surface area (Å²) in [6, 6.07) is 2.35. The zero-order valence-corrected chi connectivity index (χ0v) is 5.93. The highest BCUT2D eigenvalue weighted by atomic mass is 16.3. The fourth-order valence-electron chi connectivity index (χ4n) is 2.57. The van der Waals surface area contributed by atoms with Gasteiger partial charge in [-0.1, -0.05) is 0 Å². The van der Waals surface area contributed by atoms with Crippen LogP contribution < -0.4 is 0 Å². The Hall–Kier alpha value is -0.550. The molecule has 3 aliphatic carbocycles. The molecule has 3 rings (SSSR count). The molecule has 1 N–H and O–H groups in total. The first kappa shape index (κ1) is 6.18. The van der Waals surface area contributed by atoms with Crippen molar-refractivity contribution in [3.05, 3.63) is 0 Å². The third kappa shape index (κ3) is 0.518. The van der Waals surface area contributed by atoms with E-state index in [4.69, 9.17) is 10.4 Å². The standard InChI is InChI=1S/C8H11NO/c9-5-7-1-2-8(3-7,4-7)6-10/h10H,1-4,6H2. The first-order valence-electron chi connectivity index (χ1n) is 3.76. The van der Waals surface area contributed by atoms with Crippen LogP contribution in [0.4, 0.5) is 0 Å². The van der Waals surface area contributed by atoms with Gasteiger partial charge in [0.25, 0.3) is 0 Å². The molecule has 0 spiro atoms. The van der Waals surface area contributed by atoms with Crippen LogP contribution in [0.2, 0.25) is 0 Å². The number of hydrogen-bond donors (Lipinski definition) is 1. The van der Waals surface area contributed by atoms with Crippen LogP contribution in [0.1, 0.15) is 25.7 Å². The molecular formula is C8H11NO. The largest absolute Gasteiger partial charge is 0.396 e. The lowest BCUT2D eigenvalue weighted by Crippen LogP contribution is -2.38. The molecule has 0 unspecified atom stereocenters. The van der Waals surface area contributed by atoms with Crippen molar-refractivity contribution in [3.8, 4) is 6.07 Å². The first-order chi connectivity index (χ1) is 4.74. The number of nitrogens with zero attached hydrogens (tertiary/aromatic N) is 1. The van der Waals surface area contributed by atoms with Gasteiger partial charge in [-0.05, 0) is 31.1 Å². The van der Waals surface area contributed by atoms with Gasteiger partial charge in [0.1, 0.15) is 0 Å². The van der Waals surface area contributed by atoms with Crippen LogP contribution in [0.15, 0.2) is 0 Å². The van der Waals surface area contributed by atoms with Crippen molar-refractivity contribution in [2.24, 2.45) is 10.8 Å². The summed E-state index contributed by atoms with van der Waals surface area (Å²) in [7, 11) is 0. The van der Waals surface area contributed by atoms with E-state index in [1.807, 2.05) is 0 Å². The molecule has 0 aromatic heterocycles. The lowest BCUT2D eigenvalue weighted by molar-refractivity contribution is 0.0256. The molecule has 3 aliphatic rings. The molecule has 0 aromatic rings. The summed E-state index contributed by atoms with van der Waals surface area (Å²) in [5.41, 5.74) is 0.165. The molecule has 0 aliphatic heterocycles. The van der Waals surface area contributed by atoms with Gasteiger partial charge >= 0.3 is 0 Å². The van der Waals surface area contributed by atoms with Crippen molar-refractivity contribution in [1.82, 2.24) is 0 Å². The lowest BCUT2D eigenvalue weighted by Gasteiger charge is -2.41. The molecule has 0 saturated heterocycles. The number of aliphatic hydroxyl groups is 1. The van der Waals surface area contributed by atoms with Gasteiger partial charge in [0.15, 0.2) is 0 Å². The fraction of sp³-hybridized carbons (Fsp3) is 0.875. The molecule has 0 heterocycles. The minimum absolute atomic E-state index is 0.0112. The zero-order valence-electron chi connectivity index (χ0n) is 5.93. The summed E-state index contributed by atoms with van der Waals surface area (Å²) in [4.78, 5) is 0. The molecule has 0 radical (unpaired) electrons. The highest BCUT2D eigenvalue weighted by molar-refractivity contribution is 5.19. The van der Waals surface area contributed by atoms with E-state index in [-0.39, 0.29) is 17.4 Å². The maximum absolute atomic E-state index is 8.96. The molecule has 3 fully saturated rings.